The Balaban J connectivity index is 2.59. The zero-order chi connectivity index (χ0) is 12.7. The number of alkyl halides is 1. The van der Waals surface area contributed by atoms with Crippen molar-refractivity contribution in [1.82, 2.24) is 4.31 Å². The van der Waals surface area contributed by atoms with Crippen molar-refractivity contribution in [2.75, 3.05) is 24.8 Å². The molecule has 0 aromatic heterocycles. The molecule has 0 aromatic carbocycles. The Hall–Kier alpha value is 0.160. The van der Waals surface area contributed by atoms with Crippen LogP contribution in [0.3, 0.4) is 0 Å². The Labute approximate surface area is 109 Å². The Kier molecular flexibility index (Phi) is 6.77. The van der Waals surface area contributed by atoms with E-state index in [-0.39, 0.29) is 18.4 Å². The first-order valence-electron chi connectivity index (χ1n) is 6.28. The summed E-state index contributed by atoms with van der Waals surface area (Å²) in [6.45, 7) is 0.659. The summed E-state index contributed by atoms with van der Waals surface area (Å²) >= 11 is 5.55. The number of sulfonamides is 1. The minimum Gasteiger partial charge on any atom is -0.396 e. The van der Waals surface area contributed by atoms with E-state index < -0.39 is 10.0 Å². The lowest BCUT2D eigenvalue weighted by Gasteiger charge is -2.34. The fourth-order valence-corrected chi connectivity index (χ4v) is 4.34. The molecule has 0 spiro atoms. The van der Waals surface area contributed by atoms with Crippen LogP contribution in [0.15, 0.2) is 0 Å². The van der Waals surface area contributed by atoms with Gasteiger partial charge in [-0.15, -0.1) is 11.6 Å². The predicted octanol–water partition coefficient (Wildman–Crippen LogP) is 1.57. The lowest BCUT2D eigenvalue weighted by molar-refractivity contribution is 0.192. The third-order valence-corrected chi connectivity index (χ3v) is 5.45. The van der Waals surface area contributed by atoms with Crippen LogP contribution in [-0.4, -0.2) is 48.7 Å². The number of halogens is 1. The molecule has 1 atom stereocenters. The van der Waals surface area contributed by atoms with Crippen molar-refractivity contribution < 1.29 is 13.5 Å². The highest BCUT2D eigenvalue weighted by Gasteiger charge is 2.31. The second-order valence-electron chi connectivity index (χ2n) is 4.48. The molecule has 6 heteroatoms. The van der Waals surface area contributed by atoms with Gasteiger partial charge in [0.25, 0.3) is 0 Å². The number of unbranched alkanes of at least 4 members (excludes halogenated alkanes) is 1. The van der Waals surface area contributed by atoms with Gasteiger partial charge >= 0.3 is 0 Å². The number of aliphatic hydroxyl groups is 1. The molecule has 0 aliphatic carbocycles. The van der Waals surface area contributed by atoms with Crippen LogP contribution in [0.4, 0.5) is 0 Å². The van der Waals surface area contributed by atoms with Crippen LogP contribution in [0.1, 0.15) is 38.5 Å². The number of piperidine rings is 1. The molecule has 1 aliphatic heterocycles. The predicted molar refractivity (Wildman–Crippen MR) is 69.8 cm³/mol. The summed E-state index contributed by atoms with van der Waals surface area (Å²) in [6.07, 6.45) is 4.76. The fourth-order valence-electron chi connectivity index (χ4n) is 2.27. The van der Waals surface area contributed by atoms with Gasteiger partial charge in [0.1, 0.15) is 0 Å². The minimum atomic E-state index is -3.16. The molecule has 17 heavy (non-hydrogen) atoms. The summed E-state index contributed by atoms with van der Waals surface area (Å²) in [5, 5.41) is 8.98. The molecule has 0 aromatic rings. The van der Waals surface area contributed by atoms with Crippen LogP contribution in [0.25, 0.3) is 0 Å². The van der Waals surface area contributed by atoms with Gasteiger partial charge in [0.15, 0.2) is 0 Å². The second-order valence-corrected chi connectivity index (χ2v) is 6.90. The molecule has 1 N–H and O–H groups in total. The molecule has 0 saturated carbocycles. The normalized spacial score (nSPS) is 22.8. The molecular formula is C11H22ClNO3S. The summed E-state index contributed by atoms with van der Waals surface area (Å²) in [6, 6.07) is -0.00486. The molecule has 4 nitrogen and oxygen atoms in total. The van der Waals surface area contributed by atoms with Crippen molar-refractivity contribution in [2.24, 2.45) is 0 Å². The van der Waals surface area contributed by atoms with Gasteiger partial charge < -0.3 is 5.11 Å². The van der Waals surface area contributed by atoms with Crippen molar-refractivity contribution >= 4 is 21.6 Å². The Morgan fingerprint density at radius 2 is 2.06 bits per heavy atom. The van der Waals surface area contributed by atoms with Gasteiger partial charge in [-0.05, 0) is 32.1 Å². The van der Waals surface area contributed by atoms with E-state index in [1.807, 2.05) is 0 Å². The monoisotopic (exact) mass is 283 g/mol. The van der Waals surface area contributed by atoms with Crippen LogP contribution in [-0.2, 0) is 10.0 Å². The largest absolute Gasteiger partial charge is 0.396 e. The van der Waals surface area contributed by atoms with Crippen LogP contribution in [0, 0.1) is 0 Å². The molecule has 1 aliphatic rings. The summed E-state index contributed by atoms with van der Waals surface area (Å²) in [5.41, 5.74) is 0. The lowest BCUT2D eigenvalue weighted by Crippen LogP contribution is -2.45. The minimum absolute atomic E-state index is 0.00486. The molecule has 0 amide bonds. The lowest BCUT2D eigenvalue weighted by atomic mass is 10.0. The topological polar surface area (TPSA) is 57.6 Å². The standard InChI is InChI=1S/C11H22ClNO3S/c12-7-2-4-10-17(15,16)13-8-3-1-5-11(13)6-9-14/h11,14H,1-10H2. The zero-order valence-electron chi connectivity index (χ0n) is 10.1. The maximum Gasteiger partial charge on any atom is 0.214 e. The second kappa shape index (κ2) is 7.56. The van der Waals surface area contributed by atoms with Gasteiger partial charge in [0.2, 0.25) is 10.0 Å². The van der Waals surface area contributed by atoms with Crippen LogP contribution >= 0.6 is 11.6 Å². The molecule has 1 rings (SSSR count). The van der Waals surface area contributed by atoms with Crippen LogP contribution < -0.4 is 0 Å². The van der Waals surface area contributed by atoms with Crippen LogP contribution in [0.5, 0.6) is 0 Å². The van der Waals surface area contributed by atoms with Gasteiger partial charge in [-0.1, -0.05) is 6.42 Å². The number of hydrogen-bond acceptors (Lipinski definition) is 3. The van der Waals surface area contributed by atoms with Crippen molar-refractivity contribution in [1.29, 1.82) is 0 Å². The van der Waals surface area contributed by atoms with Gasteiger partial charge in [-0.3, -0.25) is 0 Å². The summed E-state index contributed by atoms with van der Waals surface area (Å²) < 4.78 is 25.9. The smallest absolute Gasteiger partial charge is 0.214 e. The average Bonchev–Trinajstić information content (AvgIpc) is 2.30. The molecule has 0 radical (unpaired) electrons. The highest BCUT2D eigenvalue weighted by molar-refractivity contribution is 7.89. The Morgan fingerprint density at radius 1 is 1.29 bits per heavy atom. The molecule has 0 bridgehead atoms. The fraction of sp³-hybridized carbons (Fsp3) is 1.00. The average molecular weight is 284 g/mol. The van der Waals surface area contributed by atoms with Crippen LogP contribution in [0.2, 0.25) is 0 Å². The third kappa shape index (κ3) is 4.73. The molecule has 1 heterocycles. The molecule has 102 valence electrons. The first-order valence-corrected chi connectivity index (χ1v) is 8.42. The molecule has 1 fully saturated rings. The van der Waals surface area contributed by atoms with Gasteiger partial charge in [0.05, 0.1) is 5.75 Å². The third-order valence-electron chi connectivity index (χ3n) is 3.18. The SMILES string of the molecule is O=S(=O)(CCCCCl)N1CCCCC1CCO. The Bertz CT molecular complexity index is 306. The van der Waals surface area contributed by atoms with E-state index in [0.29, 0.717) is 25.3 Å². The van der Waals surface area contributed by atoms with Crippen molar-refractivity contribution in [2.45, 2.75) is 44.6 Å². The highest BCUT2D eigenvalue weighted by Crippen LogP contribution is 2.23. The van der Waals surface area contributed by atoms with Crippen molar-refractivity contribution in [3.05, 3.63) is 0 Å². The molecule has 1 unspecified atom stereocenters. The Morgan fingerprint density at radius 3 is 2.71 bits per heavy atom. The van der Waals surface area contributed by atoms with Gasteiger partial charge in [-0.25, -0.2) is 8.42 Å². The maximum absolute atomic E-state index is 12.1. The molecule has 1 saturated heterocycles. The van der Waals surface area contributed by atoms with E-state index in [0.717, 1.165) is 25.7 Å². The summed E-state index contributed by atoms with van der Waals surface area (Å²) in [4.78, 5) is 0. The van der Waals surface area contributed by atoms with Crippen molar-refractivity contribution in [3.63, 3.8) is 0 Å². The van der Waals surface area contributed by atoms with E-state index >= 15 is 0 Å². The summed E-state index contributed by atoms with van der Waals surface area (Å²) in [7, 11) is -3.16. The van der Waals surface area contributed by atoms with E-state index in [4.69, 9.17) is 16.7 Å². The number of rotatable bonds is 7. The quantitative estimate of drug-likeness (QED) is 0.570. The first kappa shape index (κ1) is 15.2. The van der Waals surface area contributed by atoms with E-state index in [1.165, 1.54) is 0 Å². The number of aliphatic hydroxyl groups excluding tert-OH is 1. The molecular weight excluding hydrogens is 262 g/mol. The first-order chi connectivity index (χ1) is 8.11. The highest BCUT2D eigenvalue weighted by atomic mass is 35.5. The maximum atomic E-state index is 12.1. The summed E-state index contributed by atoms with van der Waals surface area (Å²) in [5.74, 6) is 0.692. The van der Waals surface area contributed by atoms with Crippen molar-refractivity contribution in [3.8, 4) is 0 Å². The number of nitrogens with zero attached hydrogens (tertiary/aromatic N) is 1. The van der Waals surface area contributed by atoms with Gasteiger partial charge in [-0.2, -0.15) is 4.31 Å². The van der Waals surface area contributed by atoms with Gasteiger partial charge in [0, 0.05) is 25.1 Å². The van der Waals surface area contributed by atoms with E-state index in [9.17, 15) is 8.42 Å². The van der Waals surface area contributed by atoms with E-state index in [2.05, 4.69) is 0 Å². The van der Waals surface area contributed by atoms with E-state index in [1.54, 1.807) is 4.31 Å². The zero-order valence-corrected chi connectivity index (χ0v) is 11.7. The number of hydrogen-bond donors (Lipinski definition) is 1.